The number of amides is 1. The van der Waals surface area contributed by atoms with E-state index in [1.165, 1.54) is 0 Å². The average Bonchev–Trinajstić information content (AvgIpc) is 3.02. The minimum atomic E-state index is -0.0561. The van der Waals surface area contributed by atoms with Crippen LogP contribution in [0.4, 0.5) is 0 Å². The molecule has 116 valence electrons. The van der Waals surface area contributed by atoms with Gasteiger partial charge in [0.1, 0.15) is 5.01 Å². The van der Waals surface area contributed by atoms with Crippen LogP contribution in [0.25, 0.3) is 0 Å². The Labute approximate surface area is 134 Å². The molecule has 1 aliphatic rings. The molecule has 2 N–H and O–H groups in total. The molecule has 1 saturated heterocycles. The second kappa shape index (κ2) is 7.49. The van der Waals surface area contributed by atoms with E-state index in [1.54, 1.807) is 11.3 Å². The van der Waals surface area contributed by atoms with Crippen LogP contribution in [0.3, 0.4) is 0 Å². The summed E-state index contributed by atoms with van der Waals surface area (Å²) in [5.41, 5.74) is 1.77. The predicted octanol–water partition coefficient (Wildman–Crippen LogP) is 1.48. The van der Waals surface area contributed by atoms with Crippen LogP contribution in [-0.2, 0) is 13.1 Å². The fourth-order valence-electron chi connectivity index (χ4n) is 2.45. The van der Waals surface area contributed by atoms with Gasteiger partial charge in [-0.3, -0.25) is 9.69 Å². The Morgan fingerprint density at radius 1 is 1.27 bits per heavy atom. The zero-order chi connectivity index (χ0) is 15.2. The molecular formula is C16H20N4OS. The number of piperazine rings is 1. The molecule has 0 spiro atoms. The van der Waals surface area contributed by atoms with Gasteiger partial charge in [0.05, 0.1) is 12.2 Å². The molecule has 3 rings (SSSR count). The van der Waals surface area contributed by atoms with E-state index in [0.717, 1.165) is 43.4 Å². The first kappa shape index (κ1) is 15.1. The molecule has 0 unspecified atom stereocenters. The zero-order valence-electron chi connectivity index (χ0n) is 12.4. The van der Waals surface area contributed by atoms with Gasteiger partial charge >= 0.3 is 0 Å². The normalized spacial score (nSPS) is 15.6. The van der Waals surface area contributed by atoms with Crippen molar-refractivity contribution in [3.8, 4) is 0 Å². The predicted molar refractivity (Wildman–Crippen MR) is 87.9 cm³/mol. The van der Waals surface area contributed by atoms with E-state index in [1.807, 2.05) is 30.3 Å². The first-order valence-corrected chi connectivity index (χ1v) is 8.39. The number of nitrogens with one attached hydrogen (secondary N) is 2. The van der Waals surface area contributed by atoms with Gasteiger partial charge in [0.25, 0.3) is 5.91 Å². The van der Waals surface area contributed by atoms with Gasteiger partial charge in [-0.05, 0) is 12.1 Å². The van der Waals surface area contributed by atoms with Gasteiger partial charge < -0.3 is 10.6 Å². The van der Waals surface area contributed by atoms with Gasteiger partial charge in [-0.2, -0.15) is 0 Å². The molecule has 5 nitrogen and oxygen atoms in total. The van der Waals surface area contributed by atoms with Gasteiger partial charge in [-0.25, -0.2) is 4.98 Å². The highest BCUT2D eigenvalue weighted by Gasteiger charge is 2.12. The maximum Gasteiger partial charge on any atom is 0.251 e. The van der Waals surface area contributed by atoms with E-state index in [-0.39, 0.29) is 5.91 Å². The Morgan fingerprint density at radius 2 is 2.05 bits per heavy atom. The number of carbonyl (C=O) groups excluding carboxylic acids is 1. The van der Waals surface area contributed by atoms with E-state index < -0.39 is 0 Å². The SMILES string of the molecule is O=C(NCc1nc(CN2CCNCC2)cs1)c1ccccc1. The summed E-state index contributed by atoms with van der Waals surface area (Å²) < 4.78 is 0. The second-order valence-electron chi connectivity index (χ2n) is 5.31. The largest absolute Gasteiger partial charge is 0.346 e. The third kappa shape index (κ3) is 4.13. The Morgan fingerprint density at radius 3 is 2.82 bits per heavy atom. The average molecular weight is 316 g/mol. The van der Waals surface area contributed by atoms with Crippen molar-refractivity contribution in [1.82, 2.24) is 20.5 Å². The molecule has 1 fully saturated rings. The molecule has 1 aliphatic heterocycles. The molecule has 0 atom stereocenters. The van der Waals surface area contributed by atoms with Crippen LogP contribution in [0.1, 0.15) is 21.1 Å². The van der Waals surface area contributed by atoms with Crippen LogP contribution in [0.15, 0.2) is 35.7 Å². The van der Waals surface area contributed by atoms with Crippen molar-refractivity contribution in [2.75, 3.05) is 26.2 Å². The van der Waals surface area contributed by atoms with Gasteiger partial charge in [0, 0.05) is 43.7 Å². The molecule has 0 bridgehead atoms. The van der Waals surface area contributed by atoms with Crippen molar-refractivity contribution >= 4 is 17.2 Å². The van der Waals surface area contributed by atoms with Crippen molar-refractivity contribution < 1.29 is 4.79 Å². The Bertz CT molecular complexity index is 608. The first-order chi connectivity index (χ1) is 10.8. The maximum absolute atomic E-state index is 12.0. The number of thiazole rings is 1. The molecule has 1 aromatic heterocycles. The summed E-state index contributed by atoms with van der Waals surface area (Å²) in [6.45, 7) is 5.61. The molecule has 1 amide bonds. The fourth-order valence-corrected chi connectivity index (χ4v) is 3.17. The highest BCUT2D eigenvalue weighted by atomic mass is 32.1. The minimum absolute atomic E-state index is 0.0561. The molecule has 0 radical (unpaired) electrons. The number of hydrogen-bond donors (Lipinski definition) is 2. The number of hydrogen-bond acceptors (Lipinski definition) is 5. The van der Waals surface area contributed by atoms with E-state index in [4.69, 9.17) is 0 Å². The summed E-state index contributed by atoms with van der Waals surface area (Å²) in [5, 5.41) is 9.31. The monoisotopic (exact) mass is 316 g/mol. The Balaban J connectivity index is 1.50. The molecule has 22 heavy (non-hydrogen) atoms. The topological polar surface area (TPSA) is 57.3 Å². The van der Waals surface area contributed by atoms with Gasteiger partial charge in [-0.1, -0.05) is 18.2 Å². The van der Waals surface area contributed by atoms with E-state index in [0.29, 0.717) is 12.1 Å². The van der Waals surface area contributed by atoms with Crippen LogP contribution in [-0.4, -0.2) is 42.0 Å². The number of nitrogens with zero attached hydrogens (tertiary/aromatic N) is 2. The summed E-state index contributed by atoms with van der Waals surface area (Å²) in [4.78, 5) is 19.0. The number of benzene rings is 1. The van der Waals surface area contributed by atoms with Crippen molar-refractivity contribution in [3.63, 3.8) is 0 Å². The third-order valence-corrected chi connectivity index (χ3v) is 4.53. The highest BCUT2D eigenvalue weighted by molar-refractivity contribution is 7.09. The van der Waals surface area contributed by atoms with Crippen molar-refractivity contribution in [2.45, 2.75) is 13.1 Å². The molecule has 2 aromatic rings. The number of carbonyl (C=O) groups is 1. The smallest absolute Gasteiger partial charge is 0.251 e. The van der Waals surface area contributed by atoms with Crippen molar-refractivity contribution in [1.29, 1.82) is 0 Å². The van der Waals surface area contributed by atoms with Crippen molar-refractivity contribution in [2.24, 2.45) is 0 Å². The number of aromatic nitrogens is 1. The van der Waals surface area contributed by atoms with E-state index >= 15 is 0 Å². The summed E-state index contributed by atoms with van der Waals surface area (Å²) in [6, 6.07) is 9.26. The molecule has 0 saturated carbocycles. The van der Waals surface area contributed by atoms with Gasteiger partial charge in [0.2, 0.25) is 0 Å². The summed E-state index contributed by atoms with van der Waals surface area (Å²) >= 11 is 1.61. The zero-order valence-corrected chi connectivity index (χ0v) is 13.2. The Hall–Kier alpha value is -1.76. The summed E-state index contributed by atoms with van der Waals surface area (Å²) in [7, 11) is 0. The maximum atomic E-state index is 12.0. The van der Waals surface area contributed by atoms with E-state index in [2.05, 4.69) is 25.9 Å². The standard InChI is InChI=1S/C16H20N4OS/c21-16(13-4-2-1-3-5-13)18-10-15-19-14(12-22-15)11-20-8-6-17-7-9-20/h1-5,12,17H,6-11H2,(H,18,21). The molecule has 2 heterocycles. The lowest BCUT2D eigenvalue weighted by atomic mass is 10.2. The molecule has 1 aromatic carbocycles. The van der Waals surface area contributed by atoms with Gasteiger partial charge in [-0.15, -0.1) is 11.3 Å². The van der Waals surface area contributed by atoms with Crippen molar-refractivity contribution in [3.05, 3.63) is 52.0 Å². The van der Waals surface area contributed by atoms with Crippen LogP contribution in [0.5, 0.6) is 0 Å². The van der Waals surface area contributed by atoms with Crippen LogP contribution < -0.4 is 10.6 Å². The fraction of sp³-hybridized carbons (Fsp3) is 0.375. The lowest BCUT2D eigenvalue weighted by molar-refractivity contribution is 0.0951. The highest BCUT2D eigenvalue weighted by Crippen LogP contribution is 2.12. The van der Waals surface area contributed by atoms with Crippen LogP contribution in [0, 0.1) is 0 Å². The first-order valence-electron chi connectivity index (χ1n) is 7.51. The lowest BCUT2D eigenvalue weighted by Crippen LogP contribution is -2.42. The Kier molecular flexibility index (Phi) is 5.15. The van der Waals surface area contributed by atoms with Crippen LogP contribution in [0.2, 0.25) is 0 Å². The molecular weight excluding hydrogens is 296 g/mol. The number of rotatable bonds is 5. The van der Waals surface area contributed by atoms with Crippen LogP contribution >= 0.6 is 11.3 Å². The molecule has 6 heteroatoms. The second-order valence-corrected chi connectivity index (χ2v) is 6.25. The summed E-state index contributed by atoms with van der Waals surface area (Å²) in [6.07, 6.45) is 0. The summed E-state index contributed by atoms with van der Waals surface area (Å²) in [5.74, 6) is -0.0561. The molecule has 0 aliphatic carbocycles. The third-order valence-electron chi connectivity index (χ3n) is 3.63. The lowest BCUT2D eigenvalue weighted by Gasteiger charge is -2.26. The van der Waals surface area contributed by atoms with Gasteiger partial charge in [0.15, 0.2) is 0 Å². The van der Waals surface area contributed by atoms with E-state index in [9.17, 15) is 4.79 Å². The quantitative estimate of drug-likeness (QED) is 0.877. The minimum Gasteiger partial charge on any atom is -0.346 e.